The first kappa shape index (κ1) is 44.7. The van der Waals surface area contributed by atoms with Crippen molar-refractivity contribution in [2.24, 2.45) is 5.92 Å². The van der Waals surface area contributed by atoms with Gasteiger partial charge in [0.05, 0.1) is 17.0 Å². The van der Waals surface area contributed by atoms with E-state index in [-0.39, 0.29) is 67.6 Å². The number of rotatable bonds is 6. The number of carbonyl (C=O) groups excluding carboxylic acids is 1. The monoisotopic (exact) mass is 582 g/mol. The first-order valence-electron chi connectivity index (χ1n) is 10.2. The predicted molar refractivity (Wildman–Crippen MR) is 141 cm³/mol. The maximum atomic E-state index is 11.4. The number of carboxylic acids is 1. The largest absolute Gasteiger partial charge is 3.00 e. The Labute approximate surface area is 230 Å². The predicted octanol–water partition coefficient (Wildman–Crippen LogP) is -2.25. The van der Waals surface area contributed by atoms with Gasteiger partial charge in [0.15, 0.2) is 0 Å². The van der Waals surface area contributed by atoms with E-state index in [9.17, 15) is 15.0 Å². The molecule has 14 N–H and O–H groups in total. The zero-order chi connectivity index (χ0) is 22.2. The Balaban J connectivity index is -0.000000162. The number of benzene rings is 2. The Morgan fingerprint density at radius 2 is 1.29 bits per heavy atom. The normalized spacial score (nSPS) is 9.66. The first-order valence-corrected chi connectivity index (χ1v) is 10.2. The van der Waals surface area contributed by atoms with Crippen LogP contribution in [0.15, 0.2) is 73.1 Å². The summed E-state index contributed by atoms with van der Waals surface area (Å²) in [6.45, 7) is 4.14. The van der Waals surface area contributed by atoms with Crippen LogP contribution >= 0.6 is 0 Å². The molecule has 1 radical (unpaired) electrons. The number of fused-ring (bicyclic) bond motifs is 3. The molecule has 0 unspecified atom stereocenters. The molecule has 0 saturated carbocycles. The third-order valence-corrected chi connectivity index (χ3v) is 4.85. The van der Waals surface area contributed by atoms with Crippen LogP contribution in [0.2, 0.25) is 0 Å². The van der Waals surface area contributed by atoms with Crippen molar-refractivity contribution in [2.45, 2.75) is 32.9 Å². The molecule has 4 rings (SSSR count). The number of nitrogens with zero attached hydrogens (tertiary/aromatic N) is 2. The molecule has 13 heteroatoms. The van der Waals surface area contributed by atoms with E-state index in [1.54, 1.807) is 30.6 Å². The molecular formula is C25H38N3NiO9+2. The number of hydrogen-bond donors (Lipinski definition) is 1. The van der Waals surface area contributed by atoms with Crippen molar-refractivity contribution in [2.75, 3.05) is 0 Å². The number of nitrogens with one attached hydrogen (secondary N) is 1. The SMILES string of the molecule is CC(C)C[C@H](NCc1ccccc1[O-])C(=O)[O-].O.O.O.O.O.[Ni+3].[OH3+].c1cnc2c(c1)ccc1cccnc12. The second-order valence-corrected chi connectivity index (χ2v) is 7.71. The molecule has 215 valence electrons. The minimum absolute atomic E-state index is 0. The summed E-state index contributed by atoms with van der Waals surface area (Å²) in [6, 6.07) is 18.0. The van der Waals surface area contributed by atoms with E-state index >= 15 is 0 Å². The summed E-state index contributed by atoms with van der Waals surface area (Å²) in [4.78, 5) is 19.6. The summed E-state index contributed by atoms with van der Waals surface area (Å²) < 4.78 is 0. The number of aliphatic carboxylic acids is 1. The van der Waals surface area contributed by atoms with Crippen molar-refractivity contribution < 1.29 is 64.4 Å². The van der Waals surface area contributed by atoms with Gasteiger partial charge < -0.3 is 53.2 Å². The van der Waals surface area contributed by atoms with Crippen molar-refractivity contribution in [3.05, 3.63) is 78.6 Å². The third kappa shape index (κ3) is 12.3. The van der Waals surface area contributed by atoms with E-state index in [1.807, 2.05) is 26.0 Å². The smallest absolute Gasteiger partial charge is 0.872 e. The second-order valence-electron chi connectivity index (χ2n) is 7.71. The van der Waals surface area contributed by atoms with Gasteiger partial charge in [-0.25, -0.2) is 0 Å². The summed E-state index contributed by atoms with van der Waals surface area (Å²) in [5, 5.41) is 27.4. The molecule has 4 aromatic rings. The molecule has 0 spiro atoms. The van der Waals surface area contributed by atoms with E-state index < -0.39 is 12.0 Å². The van der Waals surface area contributed by atoms with Crippen LogP contribution in [0, 0.1) is 5.92 Å². The molecule has 2 heterocycles. The minimum atomic E-state index is -1.12. The van der Waals surface area contributed by atoms with Crippen LogP contribution in [0.3, 0.4) is 0 Å². The fraction of sp³-hybridized carbons (Fsp3) is 0.240. The van der Waals surface area contributed by atoms with E-state index in [0.717, 1.165) is 21.8 Å². The van der Waals surface area contributed by atoms with Crippen LogP contribution in [0.5, 0.6) is 5.75 Å². The maximum Gasteiger partial charge on any atom is 3.00 e. The summed E-state index contributed by atoms with van der Waals surface area (Å²) >= 11 is 0. The molecule has 0 amide bonds. The Hall–Kier alpha value is -3.26. The fourth-order valence-electron chi connectivity index (χ4n) is 3.30. The fourth-order valence-corrected chi connectivity index (χ4v) is 3.30. The van der Waals surface area contributed by atoms with Crippen LogP contribution in [-0.4, -0.2) is 49.4 Å². The summed E-state index contributed by atoms with van der Waals surface area (Å²) in [5.74, 6) is -0.948. The molecular weight excluding hydrogens is 545 g/mol. The molecule has 0 saturated heterocycles. The van der Waals surface area contributed by atoms with Gasteiger partial charge >= 0.3 is 16.5 Å². The molecule has 0 aliphatic carbocycles. The van der Waals surface area contributed by atoms with Crippen LogP contribution in [-0.2, 0) is 33.3 Å². The van der Waals surface area contributed by atoms with E-state index in [4.69, 9.17) is 0 Å². The molecule has 0 aliphatic heterocycles. The molecule has 12 nitrogen and oxygen atoms in total. The van der Waals surface area contributed by atoms with Crippen LogP contribution in [0.1, 0.15) is 25.8 Å². The Kier molecular flexibility index (Phi) is 25.6. The average Bonchev–Trinajstić information content (AvgIpc) is 2.77. The van der Waals surface area contributed by atoms with Crippen LogP contribution in [0.25, 0.3) is 21.8 Å². The number of carbonyl (C=O) groups is 1. The standard InChI is InChI=1S/C13H19NO3.C12H8N2.Ni.6H2O/c1-9(2)7-11(13(16)17)14-8-10-5-3-4-6-12(10)15;1-3-9-5-6-10-4-2-8-14-12(10)11(9)13-7-1;;;;;;;/h3-6,9,11,14-15H,7-8H2,1-2H3,(H,16,17);1-8H;;6*1H2/q;;+3;;;;;;/p-1/t11-;;;;;;;;/m0......../s1. The maximum absolute atomic E-state index is 11.4. The van der Waals surface area contributed by atoms with Gasteiger partial charge in [-0.1, -0.05) is 62.4 Å². The average molecular weight is 583 g/mol. The molecule has 38 heavy (non-hydrogen) atoms. The molecule has 2 aromatic heterocycles. The molecule has 0 aliphatic rings. The van der Waals surface area contributed by atoms with Gasteiger partial charge in [-0.3, -0.25) is 9.97 Å². The molecule has 0 fully saturated rings. The number of para-hydroxylation sites is 1. The van der Waals surface area contributed by atoms with E-state index in [1.165, 1.54) is 6.07 Å². The Morgan fingerprint density at radius 3 is 1.71 bits per heavy atom. The third-order valence-electron chi connectivity index (χ3n) is 4.85. The van der Waals surface area contributed by atoms with Gasteiger partial charge in [-0.05, 0) is 30.0 Å². The van der Waals surface area contributed by atoms with Crippen LogP contribution < -0.4 is 15.5 Å². The number of carboxylic acid groups (broad SMARTS) is 1. The second kappa shape index (κ2) is 21.8. The minimum Gasteiger partial charge on any atom is -0.872 e. The van der Waals surface area contributed by atoms with Gasteiger partial charge in [-0.2, -0.15) is 0 Å². The zero-order valence-electron chi connectivity index (χ0n) is 21.0. The number of pyridine rings is 2. The quantitative estimate of drug-likeness (QED) is 0.148. The number of hydrogen-bond acceptors (Lipinski definition) is 6. The zero-order valence-corrected chi connectivity index (χ0v) is 22.0. The topological polar surface area (TPSA) is 292 Å². The van der Waals surface area contributed by atoms with Gasteiger partial charge in [0.1, 0.15) is 0 Å². The van der Waals surface area contributed by atoms with Gasteiger partial charge in [0.25, 0.3) is 0 Å². The van der Waals surface area contributed by atoms with Crippen LogP contribution in [0.4, 0.5) is 0 Å². The molecule has 2 aromatic carbocycles. The Morgan fingerprint density at radius 1 is 0.816 bits per heavy atom. The van der Waals surface area contributed by atoms with Crippen molar-refractivity contribution in [3.8, 4) is 5.75 Å². The Bertz CT molecular complexity index is 1130. The van der Waals surface area contributed by atoms with Crippen molar-refractivity contribution >= 4 is 27.8 Å². The molecule has 1 atom stereocenters. The molecule has 0 bridgehead atoms. The first-order chi connectivity index (χ1) is 15.0. The van der Waals surface area contributed by atoms with Gasteiger partial charge in [-0.15, -0.1) is 5.75 Å². The summed E-state index contributed by atoms with van der Waals surface area (Å²) in [5.41, 5.74) is 2.53. The van der Waals surface area contributed by atoms with E-state index in [2.05, 4.69) is 39.6 Å². The summed E-state index contributed by atoms with van der Waals surface area (Å²) in [7, 11) is 0. The van der Waals surface area contributed by atoms with Gasteiger partial charge in [0, 0.05) is 35.8 Å². The van der Waals surface area contributed by atoms with Gasteiger partial charge in [0.2, 0.25) is 0 Å². The van der Waals surface area contributed by atoms with Crippen molar-refractivity contribution in [3.63, 3.8) is 0 Å². The number of aromatic nitrogens is 2. The van der Waals surface area contributed by atoms with Crippen molar-refractivity contribution in [1.82, 2.24) is 15.3 Å². The summed E-state index contributed by atoms with van der Waals surface area (Å²) in [6.07, 6.45) is 4.09. The van der Waals surface area contributed by atoms with E-state index in [0.29, 0.717) is 12.0 Å². The van der Waals surface area contributed by atoms with Crippen molar-refractivity contribution in [1.29, 1.82) is 0 Å².